The Labute approximate surface area is 157 Å². The molecule has 1 heterocycles. The lowest BCUT2D eigenvalue weighted by atomic mass is 10.2. The minimum atomic E-state index is -3.75. The number of sulfonamides is 1. The summed E-state index contributed by atoms with van der Waals surface area (Å²) in [6.45, 7) is 4.75. The molecule has 2 aromatic rings. The van der Waals surface area contributed by atoms with Crippen LogP contribution in [-0.4, -0.2) is 50.7 Å². The van der Waals surface area contributed by atoms with Gasteiger partial charge in [-0.25, -0.2) is 17.9 Å². The van der Waals surface area contributed by atoms with Crippen LogP contribution < -0.4 is 9.62 Å². The molecule has 0 atom stereocenters. The molecule has 1 aromatic heterocycles. The monoisotopic (exact) mass is 394 g/mol. The van der Waals surface area contributed by atoms with Crippen molar-refractivity contribution in [1.82, 2.24) is 14.9 Å². The first-order chi connectivity index (χ1) is 12.7. The Balaban J connectivity index is 2.09. The Morgan fingerprint density at radius 1 is 1.22 bits per heavy atom. The molecule has 0 aliphatic heterocycles. The maximum atomic E-state index is 12.4. The Hall–Kier alpha value is -2.72. The van der Waals surface area contributed by atoms with E-state index < -0.39 is 16.0 Å². The third-order valence-corrected chi connectivity index (χ3v) is 5.66. The van der Waals surface area contributed by atoms with Crippen LogP contribution in [-0.2, 0) is 19.6 Å². The molecule has 27 heavy (non-hydrogen) atoms. The van der Waals surface area contributed by atoms with Crippen LogP contribution >= 0.6 is 0 Å². The summed E-state index contributed by atoms with van der Waals surface area (Å²) < 4.78 is 32.0. The number of aromatic amines is 1. The normalized spacial score (nSPS) is 11.3. The smallest absolute Gasteiger partial charge is 0.337 e. The highest BCUT2D eigenvalue weighted by Gasteiger charge is 2.22. The summed E-state index contributed by atoms with van der Waals surface area (Å²) in [5.41, 5.74) is 1.73. The van der Waals surface area contributed by atoms with Gasteiger partial charge in [-0.3, -0.25) is 9.89 Å². The molecule has 0 aliphatic carbocycles. The van der Waals surface area contributed by atoms with Crippen molar-refractivity contribution in [3.63, 3.8) is 0 Å². The number of amides is 1. The van der Waals surface area contributed by atoms with Crippen LogP contribution in [0.3, 0.4) is 0 Å². The van der Waals surface area contributed by atoms with Crippen molar-refractivity contribution in [3.8, 4) is 0 Å². The minimum Gasteiger partial charge on any atom is -0.465 e. The Bertz CT molecular complexity index is 915. The van der Waals surface area contributed by atoms with Gasteiger partial charge in [-0.2, -0.15) is 5.10 Å². The number of aromatic nitrogens is 2. The van der Waals surface area contributed by atoms with Crippen LogP contribution in [0, 0.1) is 13.8 Å². The number of aryl methyl sites for hydroxylation is 2. The molecule has 0 bridgehead atoms. The standard InChI is InChI=1S/C17H22N4O5S/c1-11-16(12(2)20-19-11)27(24,25)18-9-10-21(13(3)22)15-7-5-14(6-8-15)17(23)26-4/h5-8,18H,9-10H2,1-4H3,(H,19,20). The molecule has 0 saturated carbocycles. The van der Waals surface area contributed by atoms with Crippen LogP contribution in [0.15, 0.2) is 29.2 Å². The van der Waals surface area contributed by atoms with Crippen molar-refractivity contribution < 1.29 is 22.7 Å². The molecular weight excluding hydrogens is 372 g/mol. The molecule has 0 saturated heterocycles. The van der Waals surface area contributed by atoms with E-state index in [0.29, 0.717) is 22.6 Å². The summed E-state index contributed by atoms with van der Waals surface area (Å²) in [5.74, 6) is -0.731. The first-order valence-electron chi connectivity index (χ1n) is 8.15. The predicted molar refractivity (Wildman–Crippen MR) is 99.1 cm³/mol. The van der Waals surface area contributed by atoms with Crippen molar-refractivity contribution in [1.29, 1.82) is 0 Å². The van der Waals surface area contributed by atoms with Crippen LogP contribution in [0.2, 0.25) is 0 Å². The van der Waals surface area contributed by atoms with Gasteiger partial charge in [0, 0.05) is 25.7 Å². The van der Waals surface area contributed by atoms with Crippen molar-refractivity contribution in [2.45, 2.75) is 25.7 Å². The number of ether oxygens (including phenoxy) is 1. The quantitative estimate of drug-likeness (QED) is 0.679. The number of nitrogens with zero attached hydrogens (tertiary/aromatic N) is 2. The van der Waals surface area contributed by atoms with Gasteiger partial charge >= 0.3 is 5.97 Å². The topological polar surface area (TPSA) is 121 Å². The number of nitrogens with one attached hydrogen (secondary N) is 2. The number of hydrogen-bond donors (Lipinski definition) is 2. The molecule has 0 fully saturated rings. The fraction of sp³-hybridized carbons (Fsp3) is 0.353. The van der Waals surface area contributed by atoms with Gasteiger partial charge in [0.25, 0.3) is 0 Å². The van der Waals surface area contributed by atoms with Crippen molar-refractivity contribution in [2.75, 3.05) is 25.1 Å². The number of carbonyl (C=O) groups is 2. The van der Waals surface area contributed by atoms with E-state index in [1.807, 2.05) is 0 Å². The second-order valence-corrected chi connectivity index (χ2v) is 7.57. The average Bonchev–Trinajstić information content (AvgIpc) is 2.97. The highest BCUT2D eigenvalue weighted by atomic mass is 32.2. The van der Waals surface area contributed by atoms with Crippen molar-refractivity contribution >= 4 is 27.6 Å². The van der Waals surface area contributed by atoms with Crippen LogP contribution in [0.1, 0.15) is 28.7 Å². The number of methoxy groups -OCH3 is 1. The molecule has 10 heteroatoms. The van der Waals surface area contributed by atoms with Crippen molar-refractivity contribution in [3.05, 3.63) is 41.2 Å². The second kappa shape index (κ2) is 8.31. The lowest BCUT2D eigenvalue weighted by Crippen LogP contribution is -2.37. The van der Waals surface area contributed by atoms with E-state index >= 15 is 0 Å². The molecule has 0 aliphatic rings. The van der Waals surface area contributed by atoms with E-state index in [0.717, 1.165) is 0 Å². The fourth-order valence-corrected chi connectivity index (χ4v) is 4.05. The largest absolute Gasteiger partial charge is 0.465 e. The predicted octanol–water partition coefficient (Wildman–Crippen LogP) is 1.14. The molecule has 2 rings (SSSR count). The molecule has 1 amide bonds. The minimum absolute atomic E-state index is 0.0186. The summed E-state index contributed by atoms with van der Waals surface area (Å²) in [7, 11) is -2.46. The van der Waals surface area contributed by atoms with E-state index in [1.54, 1.807) is 38.1 Å². The summed E-state index contributed by atoms with van der Waals surface area (Å²) in [6.07, 6.45) is 0. The van der Waals surface area contributed by atoms with E-state index in [4.69, 9.17) is 0 Å². The first-order valence-corrected chi connectivity index (χ1v) is 9.63. The number of anilines is 1. The Morgan fingerprint density at radius 2 is 1.85 bits per heavy atom. The van der Waals surface area contributed by atoms with Gasteiger partial charge in [0.1, 0.15) is 4.90 Å². The molecule has 0 radical (unpaired) electrons. The van der Waals surface area contributed by atoms with Crippen LogP contribution in [0.25, 0.3) is 0 Å². The molecular formula is C17H22N4O5S. The van der Waals surface area contributed by atoms with Gasteiger partial charge in [0.15, 0.2) is 0 Å². The Kier molecular flexibility index (Phi) is 6.34. The molecule has 146 valence electrons. The van der Waals surface area contributed by atoms with E-state index in [1.165, 1.54) is 18.9 Å². The highest BCUT2D eigenvalue weighted by Crippen LogP contribution is 2.18. The molecule has 9 nitrogen and oxygen atoms in total. The van der Waals surface area contributed by atoms with E-state index in [2.05, 4.69) is 19.7 Å². The fourth-order valence-electron chi connectivity index (χ4n) is 2.66. The van der Waals surface area contributed by atoms with Gasteiger partial charge in [-0.1, -0.05) is 0 Å². The Morgan fingerprint density at radius 3 is 2.33 bits per heavy atom. The van der Waals surface area contributed by atoms with E-state index in [-0.39, 0.29) is 23.9 Å². The van der Waals surface area contributed by atoms with Crippen LogP contribution in [0.5, 0.6) is 0 Å². The number of benzene rings is 1. The van der Waals surface area contributed by atoms with Gasteiger partial charge in [0.05, 0.1) is 24.1 Å². The van der Waals surface area contributed by atoms with Gasteiger partial charge < -0.3 is 9.64 Å². The van der Waals surface area contributed by atoms with Crippen LogP contribution in [0.4, 0.5) is 5.69 Å². The zero-order valence-corrected chi connectivity index (χ0v) is 16.4. The van der Waals surface area contributed by atoms with Gasteiger partial charge in [-0.05, 0) is 38.1 Å². The van der Waals surface area contributed by atoms with Gasteiger partial charge in [0.2, 0.25) is 15.9 Å². The molecule has 1 aromatic carbocycles. The maximum absolute atomic E-state index is 12.4. The number of hydrogen-bond acceptors (Lipinski definition) is 6. The summed E-state index contributed by atoms with van der Waals surface area (Å²) >= 11 is 0. The summed E-state index contributed by atoms with van der Waals surface area (Å²) in [4.78, 5) is 25.0. The average molecular weight is 394 g/mol. The van der Waals surface area contributed by atoms with E-state index in [9.17, 15) is 18.0 Å². The number of rotatable bonds is 7. The lowest BCUT2D eigenvalue weighted by molar-refractivity contribution is -0.116. The SMILES string of the molecule is COC(=O)c1ccc(N(CCNS(=O)(=O)c2c(C)n[nH]c2C)C(C)=O)cc1. The van der Waals surface area contributed by atoms with Gasteiger partial charge in [-0.15, -0.1) is 0 Å². The zero-order valence-electron chi connectivity index (χ0n) is 15.6. The lowest BCUT2D eigenvalue weighted by Gasteiger charge is -2.21. The van der Waals surface area contributed by atoms with Crippen molar-refractivity contribution in [2.24, 2.45) is 0 Å². The molecule has 0 unspecified atom stereocenters. The second-order valence-electron chi connectivity index (χ2n) is 5.87. The third-order valence-electron chi connectivity index (χ3n) is 3.94. The zero-order chi connectivity index (χ0) is 20.2. The number of esters is 1. The maximum Gasteiger partial charge on any atom is 0.337 e. The highest BCUT2D eigenvalue weighted by molar-refractivity contribution is 7.89. The molecule has 2 N–H and O–H groups in total. The first kappa shape index (κ1) is 20.6. The molecule has 0 spiro atoms. The summed E-state index contributed by atoms with van der Waals surface area (Å²) in [5, 5.41) is 6.52. The summed E-state index contributed by atoms with van der Waals surface area (Å²) in [6, 6.07) is 6.29. The number of H-pyrrole nitrogens is 1. The number of carbonyl (C=O) groups excluding carboxylic acids is 2. The third kappa shape index (κ3) is 4.72.